The lowest BCUT2D eigenvalue weighted by molar-refractivity contribution is -0.117. The molecule has 1 atom stereocenters. The van der Waals surface area contributed by atoms with Gasteiger partial charge in [-0.05, 0) is 12.1 Å². The van der Waals surface area contributed by atoms with Gasteiger partial charge in [0.25, 0.3) is 0 Å². The SMILES string of the molecule is C#CC1CC(=O)N(c2cc(Cl)cc(OC)c2)C1. The Morgan fingerprint density at radius 3 is 2.88 bits per heavy atom. The maximum Gasteiger partial charge on any atom is 0.228 e. The maximum absolute atomic E-state index is 11.8. The first-order valence-corrected chi connectivity index (χ1v) is 5.63. The Balaban J connectivity index is 2.32. The number of carbonyl (C=O) groups is 1. The summed E-state index contributed by atoms with van der Waals surface area (Å²) in [5.74, 6) is 3.24. The summed E-state index contributed by atoms with van der Waals surface area (Å²) in [4.78, 5) is 13.5. The van der Waals surface area contributed by atoms with Gasteiger partial charge in [0.05, 0.1) is 7.11 Å². The van der Waals surface area contributed by atoms with Crippen molar-refractivity contribution in [2.24, 2.45) is 5.92 Å². The van der Waals surface area contributed by atoms with Gasteiger partial charge in [-0.25, -0.2) is 0 Å². The lowest BCUT2D eigenvalue weighted by Crippen LogP contribution is -2.24. The van der Waals surface area contributed by atoms with E-state index in [1.807, 2.05) is 0 Å². The zero-order chi connectivity index (χ0) is 12.4. The topological polar surface area (TPSA) is 29.5 Å². The molecule has 1 heterocycles. The van der Waals surface area contributed by atoms with Crippen LogP contribution in [-0.4, -0.2) is 19.6 Å². The highest BCUT2D eigenvalue weighted by atomic mass is 35.5. The number of anilines is 1. The second kappa shape index (κ2) is 4.68. The summed E-state index contributed by atoms with van der Waals surface area (Å²) < 4.78 is 5.12. The fraction of sp³-hybridized carbons (Fsp3) is 0.308. The normalized spacial score (nSPS) is 19.2. The van der Waals surface area contributed by atoms with Crippen molar-refractivity contribution >= 4 is 23.2 Å². The molecular weight excluding hydrogens is 238 g/mol. The summed E-state index contributed by atoms with van der Waals surface area (Å²) in [7, 11) is 1.56. The average Bonchev–Trinajstić information content (AvgIpc) is 2.69. The first kappa shape index (κ1) is 11.8. The molecule has 1 fully saturated rings. The van der Waals surface area contributed by atoms with Crippen molar-refractivity contribution in [2.75, 3.05) is 18.6 Å². The molecule has 1 aliphatic heterocycles. The highest BCUT2D eigenvalue weighted by Gasteiger charge is 2.29. The van der Waals surface area contributed by atoms with E-state index in [2.05, 4.69) is 5.92 Å². The number of nitrogens with zero attached hydrogens (tertiary/aromatic N) is 1. The smallest absolute Gasteiger partial charge is 0.228 e. The fourth-order valence-corrected chi connectivity index (χ4v) is 2.11. The molecule has 0 saturated carbocycles. The molecule has 1 aliphatic rings. The van der Waals surface area contributed by atoms with E-state index < -0.39 is 0 Å². The van der Waals surface area contributed by atoms with Gasteiger partial charge >= 0.3 is 0 Å². The highest BCUT2D eigenvalue weighted by Crippen LogP contribution is 2.30. The second-order valence-corrected chi connectivity index (χ2v) is 4.36. The number of rotatable bonds is 2. The van der Waals surface area contributed by atoms with Crippen molar-refractivity contribution in [1.82, 2.24) is 0 Å². The summed E-state index contributed by atoms with van der Waals surface area (Å²) in [6, 6.07) is 5.22. The maximum atomic E-state index is 11.8. The Morgan fingerprint density at radius 2 is 2.29 bits per heavy atom. The Hall–Kier alpha value is -1.66. The number of methoxy groups -OCH3 is 1. The summed E-state index contributed by atoms with van der Waals surface area (Å²) >= 11 is 5.97. The third-order valence-electron chi connectivity index (χ3n) is 2.76. The summed E-state index contributed by atoms with van der Waals surface area (Å²) in [6.45, 7) is 0.541. The zero-order valence-electron chi connectivity index (χ0n) is 9.44. The van der Waals surface area contributed by atoms with Crippen LogP contribution in [0.5, 0.6) is 5.75 Å². The number of carbonyl (C=O) groups excluding carboxylic acids is 1. The van der Waals surface area contributed by atoms with Gasteiger partial charge in [0.1, 0.15) is 5.75 Å². The number of amides is 1. The van der Waals surface area contributed by atoms with Crippen molar-refractivity contribution < 1.29 is 9.53 Å². The van der Waals surface area contributed by atoms with Crippen LogP contribution in [0.15, 0.2) is 18.2 Å². The number of halogens is 1. The Kier molecular flexibility index (Phi) is 3.26. The molecule has 1 aromatic rings. The Labute approximate surface area is 105 Å². The van der Waals surface area contributed by atoms with Gasteiger partial charge in [-0.2, -0.15) is 0 Å². The van der Waals surface area contributed by atoms with Gasteiger partial charge in [-0.3, -0.25) is 4.79 Å². The summed E-state index contributed by atoms with van der Waals surface area (Å²) in [6.07, 6.45) is 5.74. The number of terminal acetylenes is 1. The summed E-state index contributed by atoms with van der Waals surface area (Å²) in [5.41, 5.74) is 0.733. The van der Waals surface area contributed by atoms with E-state index >= 15 is 0 Å². The number of benzene rings is 1. The summed E-state index contributed by atoms with van der Waals surface area (Å²) in [5, 5.41) is 0.538. The van der Waals surface area contributed by atoms with Crippen LogP contribution in [0.1, 0.15) is 6.42 Å². The van der Waals surface area contributed by atoms with E-state index in [-0.39, 0.29) is 11.8 Å². The number of hydrogen-bond acceptors (Lipinski definition) is 2. The van der Waals surface area contributed by atoms with Gasteiger partial charge in [0.2, 0.25) is 5.91 Å². The van der Waals surface area contributed by atoms with E-state index in [1.165, 1.54) is 0 Å². The molecule has 1 unspecified atom stereocenters. The molecule has 0 radical (unpaired) electrons. The van der Waals surface area contributed by atoms with Crippen LogP contribution in [0.2, 0.25) is 5.02 Å². The molecule has 88 valence electrons. The minimum atomic E-state index is -0.0209. The van der Waals surface area contributed by atoms with Gasteiger partial charge < -0.3 is 9.64 Å². The average molecular weight is 250 g/mol. The first-order valence-electron chi connectivity index (χ1n) is 5.25. The van der Waals surface area contributed by atoms with Gasteiger partial charge in [-0.1, -0.05) is 11.6 Å². The molecule has 1 saturated heterocycles. The monoisotopic (exact) mass is 249 g/mol. The predicted octanol–water partition coefficient (Wildman–Crippen LogP) is 2.33. The largest absolute Gasteiger partial charge is 0.497 e. The fourth-order valence-electron chi connectivity index (χ4n) is 1.89. The lowest BCUT2D eigenvalue weighted by Gasteiger charge is -2.17. The minimum absolute atomic E-state index is 0.0209. The highest BCUT2D eigenvalue weighted by molar-refractivity contribution is 6.31. The van der Waals surface area contributed by atoms with Crippen molar-refractivity contribution in [1.29, 1.82) is 0 Å². The quantitative estimate of drug-likeness (QED) is 0.753. The molecule has 3 nitrogen and oxygen atoms in total. The zero-order valence-corrected chi connectivity index (χ0v) is 10.2. The molecule has 0 bridgehead atoms. The molecular formula is C13H12ClNO2. The molecule has 1 aromatic carbocycles. The van der Waals surface area contributed by atoms with Gasteiger partial charge in [-0.15, -0.1) is 12.3 Å². The molecule has 17 heavy (non-hydrogen) atoms. The van der Waals surface area contributed by atoms with Crippen molar-refractivity contribution in [3.05, 3.63) is 23.2 Å². The molecule has 0 aliphatic carbocycles. The van der Waals surface area contributed by atoms with Gasteiger partial charge in [0.15, 0.2) is 0 Å². The molecule has 0 aromatic heterocycles. The van der Waals surface area contributed by atoms with Crippen molar-refractivity contribution in [2.45, 2.75) is 6.42 Å². The second-order valence-electron chi connectivity index (χ2n) is 3.92. The molecule has 1 amide bonds. The van der Waals surface area contributed by atoms with Crippen LogP contribution in [-0.2, 0) is 4.79 Å². The number of hydrogen-bond donors (Lipinski definition) is 0. The molecule has 2 rings (SSSR count). The van der Waals surface area contributed by atoms with Crippen molar-refractivity contribution in [3.63, 3.8) is 0 Å². The van der Waals surface area contributed by atoms with Crippen molar-refractivity contribution in [3.8, 4) is 18.1 Å². The standard InChI is InChI=1S/C13H12ClNO2/c1-3-9-4-13(16)15(8-9)11-5-10(14)6-12(7-11)17-2/h1,5-7,9H,4,8H2,2H3. The third-order valence-corrected chi connectivity index (χ3v) is 2.98. The van der Waals surface area contributed by atoms with Crippen LogP contribution < -0.4 is 9.64 Å². The van der Waals surface area contributed by atoms with Crippen LogP contribution in [0.25, 0.3) is 0 Å². The van der Waals surface area contributed by atoms with Crippen LogP contribution >= 0.6 is 11.6 Å². The van der Waals surface area contributed by atoms with E-state index in [0.717, 1.165) is 5.69 Å². The van der Waals surface area contributed by atoms with E-state index in [0.29, 0.717) is 23.7 Å². The van der Waals surface area contributed by atoms with Gasteiger partial charge in [0, 0.05) is 35.7 Å². The molecule has 0 spiro atoms. The predicted molar refractivity (Wildman–Crippen MR) is 67.3 cm³/mol. The van der Waals surface area contributed by atoms with Crippen LogP contribution in [0, 0.1) is 18.3 Å². The van der Waals surface area contributed by atoms with E-state index in [9.17, 15) is 4.79 Å². The minimum Gasteiger partial charge on any atom is -0.497 e. The molecule has 0 N–H and O–H groups in total. The van der Waals surface area contributed by atoms with E-state index in [1.54, 1.807) is 30.2 Å². The Bertz CT molecular complexity index is 493. The number of ether oxygens (including phenoxy) is 1. The third kappa shape index (κ3) is 2.37. The molecule has 4 heteroatoms. The first-order chi connectivity index (χ1) is 8.13. The Morgan fingerprint density at radius 1 is 1.53 bits per heavy atom. The van der Waals surface area contributed by atoms with Crippen LogP contribution in [0.3, 0.4) is 0 Å². The lowest BCUT2D eigenvalue weighted by atomic mass is 10.1. The van der Waals surface area contributed by atoms with Crippen LogP contribution in [0.4, 0.5) is 5.69 Å². The van der Waals surface area contributed by atoms with E-state index in [4.69, 9.17) is 22.8 Å².